The smallest absolute Gasteiger partial charge is 0.326 e. The molecule has 12 amide bonds. The number of rotatable bonds is 43. The molecule has 83 heavy (non-hydrogen) atoms. The Balaban J connectivity index is 3.49. The molecule has 0 aliphatic rings. The van der Waals surface area contributed by atoms with E-state index >= 15 is 0 Å². The summed E-state index contributed by atoms with van der Waals surface area (Å²) in [5.74, 6) is -15.0. The highest BCUT2D eigenvalue weighted by Crippen LogP contribution is 2.14. The van der Waals surface area contributed by atoms with Crippen molar-refractivity contribution in [3.63, 3.8) is 0 Å². The summed E-state index contributed by atoms with van der Waals surface area (Å²) < 4.78 is 0. The van der Waals surface area contributed by atoms with E-state index in [-0.39, 0.29) is 57.4 Å². The molecule has 0 unspecified atom stereocenters. The lowest BCUT2D eigenvalue weighted by Crippen LogP contribution is -2.61. The zero-order valence-corrected chi connectivity index (χ0v) is 45.8. The molecule has 1 rings (SSSR count). The fraction of sp³-hybridized carbons (Fsp3) is 0.612. The van der Waals surface area contributed by atoms with Crippen LogP contribution >= 0.6 is 0 Å². The number of nitrogens with two attached hydrogens (primary N) is 7. The minimum absolute atomic E-state index is 0.137. The van der Waals surface area contributed by atoms with Crippen LogP contribution < -0.4 is 88.0 Å². The molecule has 0 radical (unpaired) electrons. The van der Waals surface area contributed by atoms with E-state index in [1.165, 1.54) is 24.3 Å². The lowest BCUT2D eigenvalue weighted by Gasteiger charge is -2.28. The molecule has 0 fully saturated rings. The first kappa shape index (κ1) is 72.9. The van der Waals surface area contributed by atoms with Gasteiger partial charge in [-0.25, -0.2) is 4.79 Å². The molecule has 0 aliphatic carbocycles. The van der Waals surface area contributed by atoms with Crippen LogP contribution in [0.25, 0.3) is 0 Å². The van der Waals surface area contributed by atoms with Crippen molar-refractivity contribution in [2.45, 2.75) is 150 Å². The molecule has 0 saturated heterocycles. The van der Waals surface area contributed by atoms with E-state index in [1.807, 2.05) is 0 Å². The molecule has 0 saturated carbocycles. The van der Waals surface area contributed by atoms with Gasteiger partial charge < -0.3 is 114 Å². The van der Waals surface area contributed by atoms with Gasteiger partial charge in [0.15, 0.2) is 0 Å². The zero-order valence-electron chi connectivity index (χ0n) is 45.8. The highest BCUT2D eigenvalue weighted by Gasteiger charge is 2.36. The third kappa shape index (κ3) is 28.4. The number of carboxylic acid groups (broad SMARTS) is 1. The number of nitrogens with one attached hydrogen (secondary N) is 9. The molecule has 28 N–H and O–H groups in total. The van der Waals surface area contributed by atoms with E-state index in [4.69, 9.17) is 40.1 Å². The van der Waals surface area contributed by atoms with Gasteiger partial charge in [0.1, 0.15) is 60.1 Å². The fourth-order valence-electron chi connectivity index (χ4n) is 7.64. The number of amides is 12. The summed E-state index contributed by atoms with van der Waals surface area (Å²) in [6.45, 7) is -2.79. The maximum Gasteiger partial charge on any atom is 0.326 e. The van der Waals surface area contributed by atoms with Crippen LogP contribution in [-0.4, -0.2) is 202 Å². The average molecular weight is 1180 g/mol. The van der Waals surface area contributed by atoms with Gasteiger partial charge in [-0.15, -0.1) is 0 Å². The minimum atomic E-state index is -1.93. The Morgan fingerprint density at radius 1 is 0.386 bits per heavy atom. The van der Waals surface area contributed by atoms with Crippen molar-refractivity contribution in [2.75, 3.05) is 39.5 Å². The van der Waals surface area contributed by atoms with Gasteiger partial charge in [0.2, 0.25) is 70.9 Å². The number of phenols is 1. The van der Waals surface area contributed by atoms with Crippen LogP contribution in [0.1, 0.15) is 89.0 Å². The molecule has 0 aliphatic heterocycles. The fourth-order valence-corrected chi connectivity index (χ4v) is 7.64. The number of hydrogen-bond acceptors (Lipinski definition) is 21. The number of aliphatic carboxylic acids is 1. The third-order valence-electron chi connectivity index (χ3n) is 12.3. The van der Waals surface area contributed by atoms with Crippen molar-refractivity contribution in [1.82, 2.24) is 47.9 Å². The Hall–Kier alpha value is -8.15. The lowest BCUT2D eigenvalue weighted by atomic mass is 10.0. The van der Waals surface area contributed by atoms with Crippen molar-refractivity contribution in [3.05, 3.63) is 29.8 Å². The summed E-state index contributed by atoms with van der Waals surface area (Å²) >= 11 is 0. The van der Waals surface area contributed by atoms with Gasteiger partial charge in [0.25, 0.3) is 0 Å². The van der Waals surface area contributed by atoms with E-state index < -0.39 is 183 Å². The van der Waals surface area contributed by atoms with Crippen LogP contribution in [-0.2, 0) is 68.7 Å². The van der Waals surface area contributed by atoms with E-state index in [1.54, 1.807) is 0 Å². The van der Waals surface area contributed by atoms with Crippen LogP contribution in [0.15, 0.2) is 24.3 Å². The molecule has 0 bridgehead atoms. The minimum Gasteiger partial charge on any atom is -0.508 e. The molecule has 466 valence electrons. The molecule has 10 atom stereocenters. The average Bonchev–Trinajstić information content (AvgIpc) is 3.45. The number of unbranched alkanes of at least 4 members (excludes halogenated alkanes) is 3. The van der Waals surface area contributed by atoms with Gasteiger partial charge in [-0.05, 0) is 95.1 Å². The van der Waals surface area contributed by atoms with Gasteiger partial charge in [0.05, 0.1) is 38.7 Å². The number of carbonyl (C=O) groups is 13. The van der Waals surface area contributed by atoms with E-state index in [2.05, 4.69) is 47.9 Å². The number of aliphatic hydroxyl groups excluding tert-OH is 3. The van der Waals surface area contributed by atoms with Crippen molar-refractivity contribution in [1.29, 1.82) is 0 Å². The van der Waals surface area contributed by atoms with Gasteiger partial charge >= 0.3 is 5.97 Å². The molecule has 0 heterocycles. The summed E-state index contributed by atoms with van der Waals surface area (Å²) in [6.07, 6.45) is -1.08. The lowest BCUT2D eigenvalue weighted by molar-refractivity contribution is -0.143. The maximum atomic E-state index is 14.3. The topological polar surface area (TPSA) is 613 Å². The maximum absolute atomic E-state index is 14.3. The third-order valence-corrected chi connectivity index (χ3v) is 12.3. The van der Waals surface area contributed by atoms with E-state index in [9.17, 15) is 87.9 Å². The van der Waals surface area contributed by atoms with E-state index in [0.717, 1.165) is 0 Å². The van der Waals surface area contributed by atoms with Gasteiger partial charge in [-0.1, -0.05) is 18.6 Å². The summed E-state index contributed by atoms with van der Waals surface area (Å²) in [4.78, 5) is 169. The standard InChI is InChI=1S/C49H82N16O18/c50-16-4-1-7-27(53)40(73)60-32(20-38(55)71)45(78)64-36(24-68)48(81)65-34(22-66)46(79)58-28(8-2-5-17-51)41(74)57-29(9-3-6-18-52)42(75)61-31(19-25-10-12-26(69)13-11-25)43(76)63-35(23-67)47(80)62-33(21-39(56)72)44(77)59-30(49(82)83)14-15-37(54)70/h10-13,27-36,66-69H,1-9,14-24,50-53H2,(H2,54,70)(H2,55,71)(H2,56,72)(H,57,74)(H,58,79)(H,59,77)(H,60,73)(H,61,75)(H,62,80)(H,63,76)(H,64,78)(H,65,81)(H,82,83)/t27-,28-,29-,30-,31-,32-,33-,34-,35-,36-/m0/s1. The second-order valence-electron chi connectivity index (χ2n) is 19.1. The Labute approximate surface area is 477 Å². The number of primary amides is 3. The molecule has 34 heteroatoms. The number of aromatic hydroxyl groups is 1. The monoisotopic (exact) mass is 1180 g/mol. The first-order valence-electron chi connectivity index (χ1n) is 26.5. The molecular formula is C49H82N16O18. The predicted octanol–water partition coefficient (Wildman–Crippen LogP) is -9.91. The summed E-state index contributed by atoms with van der Waals surface area (Å²) in [5, 5.41) is 70.4. The van der Waals surface area contributed by atoms with Crippen LogP contribution in [0.2, 0.25) is 0 Å². The van der Waals surface area contributed by atoms with Crippen LogP contribution in [0.5, 0.6) is 5.75 Å². The second kappa shape index (κ2) is 39.3. The van der Waals surface area contributed by atoms with Gasteiger partial charge in [0, 0.05) is 12.8 Å². The van der Waals surface area contributed by atoms with Gasteiger partial charge in [-0.3, -0.25) is 57.5 Å². The number of aliphatic hydroxyl groups is 3. The van der Waals surface area contributed by atoms with Crippen LogP contribution in [0.3, 0.4) is 0 Å². The molecule has 1 aromatic rings. The number of benzene rings is 1. The Kier molecular flexibility index (Phi) is 34.5. The van der Waals surface area contributed by atoms with Crippen LogP contribution in [0.4, 0.5) is 0 Å². The van der Waals surface area contributed by atoms with Crippen molar-refractivity contribution < 1.29 is 87.9 Å². The molecule has 0 aromatic heterocycles. The normalized spacial score (nSPS) is 14.6. The SMILES string of the molecule is NCCCC[C@H](NC(=O)[C@H](CCCCN)NC(=O)[C@H](CO)NC(=O)[C@H](CO)NC(=O)[C@H](CC(N)=O)NC(=O)[C@@H](N)CCCCN)C(=O)N[C@@H](Cc1ccc(O)cc1)C(=O)N[C@@H](CO)C(=O)N[C@@H](CC(N)=O)C(=O)N[C@@H](CCC(N)=O)C(=O)O. The number of hydrogen-bond donors (Lipinski definition) is 21. The molecule has 0 spiro atoms. The quantitative estimate of drug-likeness (QED) is 0.0270. The van der Waals surface area contributed by atoms with Gasteiger partial charge in [-0.2, -0.15) is 0 Å². The zero-order chi connectivity index (χ0) is 62.8. The number of carbonyl (C=O) groups excluding carboxylic acids is 12. The summed E-state index contributed by atoms with van der Waals surface area (Å²) in [7, 11) is 0. The number of phenolic OH excluding ortho intramolecular Hbond substituents is 1. The first-order valence-corrected chi connectivity index (χ1v) is 26.5. The Morgan fingerprint density at radius 3 is 1.06 bits per heavy atom. The first-order chi connectivity index (χ1) is 39.2. The van der Waals surface area contributed by atoms with Crippen molar-refractivity contribution in [2.24, 2.45) is 40.1 Å². The summed E-state index contributed by atoms with van der Waals surface area (Å²) in [5.41, 5.74) is 38.7. The summed E-state index contributed by atoms with van der Waals surface area (Å²) in [6, 6.07) is -11.5. The molecule has 34 nitrogen and oxygen atoms in total. The van der Waals surface area contributed by atoms with E-state index in [0.29, 0.717) is 37.8 Å². The molecule has 1 aromatic carbocycles. The number of carboxylic acids is 1. The largest absolute Gasteiger partial charge is 0.508 e. The Morgan fingerprint density at radius 2 is 0.699 bits per heavy atom. The highest BCUT2D eigenvalue weighted by atomic mass is 16.4. The molecular weight excluding hydrogens is 1100 g/mol. The Bertz CT molecular complexity index is 2350. The predicted molar refractivity (Wildman–Crippen MR) is 291 cm³/mol. The van der Waals surface area contributed by atoms with Crippen molar-refractivity contribution >= 4 is 76.9 Å². The highest BCUT2D eigenvalue weighted by molar-refractivity contribution is 5.99. The van der Waals surface area contributed by atoms with Crippen molar-refractivity contribution in [3.8, 4) is 5.75 Å². The van der Waals surface area contributed by atoms with Crippen LogP contribution in [0, 0.1) is 0 Å². The second-order valence-corrected chi connectivity index (χ2v) is 19.1.